The fraction of sp³-hybridized carbons (Fsp3) is 0.222. The Labute approximate surface area is 158 Å². The SMILES string of the molecule is CCOC(=O)c1[nH]c(C=C2C(=O)Nc3ncc([N+](=O)[O-])cc32)c(C(C)=O)c1C. The van der Waals surface area contributed by atoms with E-state index in [1.165, 1.54) is 19.1 Å². The lowest BCUT2D eigenvalue weighted by Gasteiger charge is -2.00. The van der Waals surface area contributed by atoms with E-state index < -0.39 is 16.8 Å². The highest BCUT2D eigenvalue weighted by Crippen LogP contribution is 2.34. The van der Waals surface area contributed by atoms with Crippen LogP contribution in [-0.4, -0.2) is 39.2 Å². The monoisotopic (exact) mass is 384 g/mol. The number of ether oxygens (including phenoxy) is 1. The predicted octanol–water partition coefficient (Wildman–Crippen LogP) is 2.50. The van der Waals surface area contributed by atoms with Gasteiger partial charge in [0.15, 0.2) is 5.78 Å². The molecule has 3 heterocycles. The zero-order chi connectivity index (χ0) is 20.6. The van der Waals surface area contributed by atoms with Crippen molar-refractivity contribution in [2.24, 2.45) is 0 Å². The summed E-state index contributed by atoms with van der Waals surface area (Å²) in [7, 11) is 0. The van der Waals surface area contributed by atoms with Crippen molar-refractivity contribution >= 4 is 40.8 Å². The van der Waals surface area contributed by atoms with Gasteiger partial charge in [0.2, 0.25) is 0 Å². The summed E-state index contributed by atoms with van der Waals surface area (Å²) < 4.78 is 4.98. The smallest absolute Gasteiger partial charge is 0.355 e. The van der Waals surface area contributed by atoms with Crippen LogP contribution < -0.4 is 5.32 Å². The number of carbonyl (C=O) groups is 3. The number of pyridine rings is 1. The lowest BCUT2D eigenvalue weighted by molar-refractivity contribution is -0.385. The second-order valence-corrected chi connectivity index (χ2v) is 6.05. The summed E-state index contributed by atoms with van der Waals surface area (Å²) in [6.45, 7) is 4.75. The molecule has 10 nitrogen and oxygen atoms in total. The van der Waals surface area contributed by atoms with Gasteiger partial charge in [0.05, 0.1) is 22.8 Å². The number of esters is 1. The highest BCUT2D eigenvalue weighted by molar-refractivity contribution is 6.34. The molecule has 0 atom stereocenters. The Kier molecular flexibility index (Phi) is 4.78. The van der Waals surface area contributed by atoms with Gasteiger partial charge in [0.1, 0.15) is 17.7 Å². The number of anilines is 1. The molecule has 2 N–H and O–H groups in total. The van der Waals surface area contributed by atoms with Gasteiger partial charge in [-0.25, -0.2) is 9.78 Å². The number of aromatic amines is 1. The number of nitrogens with zero attached hydrogens (tertiary/aromatic N) is 2. The van der Waals surface area contributed by atoms with E-state index in [-0.39, 0.29) is 52.0 Å². The van der Waals surface area contributed by atoms with E-state index in [1.54, 1.807) is 13.8 Å². The first-order chi connectivity index (χ1) is 13.2. The Morgan fingerprint density at radius 1 is 1.39 bits per heavy atom. The molecule has 1 aliphatic rings. The van der Waals surface area contributed by atoms with Crippen molar-refractivity contribution in [3.8, 4) is 0 Å². The van der Waals surface area contributed by atoms with E-state index in [2.05, 4.69) is 15.3 Å². The second-order valence-electron chi connectivity index (χ2n) is 6.05. The number of hydrogen-bond donors (Lipinski definition) is 2. The Hall–Kier alpha value is -3.82. The summed E-state index contributed by atoms with van der Waals surface area (Å²) in [6.07, 6.45) is 2.42. The minimum absolute atomic E-state index is 0.0883. The molecule has 0 aliphatic carbocycles. The number of hydrogen-bond acceptors (Lipinski definition) is 7. The molecule has 0 fully saturated rings. The van der Waals surface area contributed by atoms with E-state index >= 15 is 0 Å². The van der Waals surface area contributed by atoms with Crippen LogP contribution in [0.2, 0.25) is 0 Å². The summed E-state index contributed by atoms with van der Waals surface area (Å²) in [5.41, 5.74) is 1.02. The van der Waals surface area contributed by atoms with Gasteiger partial charge in [-0.05, 0) is 32.4 Å². The van der Waals surface area contributed by atoms with Crippen LogP contribution in [-0.2, 0) is 9.53 Å². The molecule has 1 aliphatic heterocycles. The molecule has 3 rings (SSSR count). The number of H-pyrrole nitrogens is 1. The number of ketones is 1. The first kappa shape index (κ1) is 19.0. The minimum atomic E-state index is -0.624. The zero-order valence-electron chi connectivity index (χ0n) is 15.3. The van der Waals surface area contributed by atoms with Crippen molar-refractivity contribution in [2.45, 2.75) is 20.8 Å². The molecular weight excluding hydrogens is 368 g/mol. The van der Waals surface area contributed by atoms with Crippen LogP contribution >= 0.6 is 0 Å². The third-order valence-electron chi connectivity index (χ3n) is 4.25. The summed E-state index contributed by atoms with van der Waals surface area (Å²) in [5, 5.41) is 13.5. The van der Waals surface area contributed by atoms with Crippen LogP contribution in [0.4, 0.5) is 11.5 Å². The van der Waals surface area contributed by atoms with Gasteiger partial charge in [-0.3, -0.25) is 19.7 Å². The number of nitrogens with one attached hydrogen (secondary N) is 2. The van der Waals surface area contributed by atoms with Crippen LogP contribution in [0.5, 0.6) is 0 Å². The number of rotatable bonds is 5. The molecule has 0 unspecified atom stereocenters. The molecule has 0 spiro atoms. The fourth-order valence-electron chi connectivity index (χ4n) is 3.03. The molecule has 10 heteroatoms. The number of carbonyl (C=O) groups excluding carboxylic acids is 3. The van der Waals surface area contributed by atoms with E-state index in [9.17, 15) is 24.5 Å². The Bertz CT molecular complexity index is 1070. The van der Waals surface area contributed by atoms with E-state index in [4.69, 9.17) is 4.74 Å². The molecule has 0 saturated heterocycles. The lowest BCUT2D eigenvalue weighted by atomic mass is 10.0. The van der Waals surface area contributed by atoms with Crippen LogP contribution in [0, 0.1) is 17.0 Å². The van der Waals surface area contributed by atoms with Crippen molar-refractivity contribution < 1.29 is 24.0 Å². The molecular formula is C18H16N4O6. The topological polar surface area (TPSA) is 144 Å². The quantitative estimate of drug-likeness (QED) is 0.265. The van der Waals surface area contributed by atoms with Gasteiger partial charge in [0.25, 0.3) is 11.6 Å². The number of Topliss-reactive ketones (excluding diaryl/α,β-unsaturated/α-hetero) is 1. The Morgan fingerprint density at radius 2 is 2.11 bits per heavy atom. The summed E-state index contributed by atoms with van der Waals surface area (Å²) >= 11 is 0. The normalized spacial score (nSPS) is 14.0. The lowest BCUT2D eigenvalue weighted by Crippen LogP contribution is -2.07. The maximum Gasteiger partial charge on any atom is 0.355 e. The summed E-state index contributed by atoms with van der Waals surface area (Å²) in [5.74, 6) is -1.28. The molecule has 0 radical (unpaired) electrons. The molecule has 1 amide bonds. The summed E-state index contributed by atoms with van der Waals surface area (Å²) in [6, 6.07) is 1.22. The van der Waals surface area contributed by atoms with E-state index in [1.807, 2.05) is 0 Å². The van der Waals surface area contributed by atoms with Crippen molar-refractivity contribution in [1.82, 2.24) is 9.97 Å². The van der Waals surface area contributed by atoms with Gasteiger partial charge >= 0.3 is 5.97 Å². The maximum atomic E-state index is 12.3. The van der Waals surface area contributed by atoms with E-state index in [0.29, 0.717) is 5.56 Å². The zero-order valence-corrected chi connectivity index (χ0v) is 15.3. The van der Waals surface area contributed by atoms with Gasteiger partial charge in [0, 0.05) is 17.2 Å². The molecule has 2 aromatic rings. The van der Waals surface area contributed by atoms with Crippen molar-refractivity contribution in [3.05, 3.63) is 50.5 Å². The largest absolute Gasteiger partial charge is 0.461 e. The van der Waals surface area contributed by atoms with Crippen LogP contribution in [0.1, 0.15) is 51.5 Å². The number of aromatic nitrogens is 2. The average Bonchev–Trinajstić information content (AvgIpc) is 3.12. The maximum absolute atomic E-state index is 12.3. The number of fused-ring (bicyclic) bond motifs is 1. The van der Waals surface area contributed by atoms with E-state index in [0.717, 1.165) is 6.20 Å². The van der Waals surface area contributed by atoms with Crippen LogP contribution in [0.3, 0.4) is 0 Å². The van der Waals surface area contributed by atoms with Crippen molar-refractivity contribution in [2.75, 3.05) is 11.9 Å². The van der Waals surface area contributed by atoms with Gasteiger partial charge in [-0.2, -0.15) is 0 Å². The first-order valence-corrected chi connectivity index (χ1v) is 8.33. The first-order valence-electron chi connectivity index (χ1n) is 8.33. The Balaban J connectivity index is 2.17. The molecule has 0 aromatic carbocycles. The fourth-order valence-corrected chi connectivity index (χ4v) is 3.03. The Morgan fingerprint density at radius 3 is 2.71 bits per heavy atom. The molecule has 28 heavy (non-hydrogen) atoms. The molecule has 0 bridgehead atoms. The van der Waals surface area contributed by atoms with Crippen molar-refractivity contribution in [3.63, 3.8) is 0 Å². The highest BCUT2D eigenvalue weighted by Gasteiger charge is 2.29. The van der Waals surface area contributed by atoms with Gasteiger partial charge in [-0.1, -0.05) is 0 Å². The van der Waals surface area contributed by atoms with Gasteiger partial charge in [-0.15, -0.1) is 0 Å². The highest BCUT2D eigenvalue weighted by atomic mass is 16.6. The minimum Gasteiger partial charge on any atom is -0.461 e. The van der Waals surface area contributed by atoms with Crippen LogP contribution in [0.15, 0.2) is 12.3 Å². The molecule has 0 saturated carbocycles. The predicted molar refractivity (Wildman–Crippen MR) is 98.9 cm³/mol. The average molecular weight is 384 g/mol. The number of amides is 1. The van der Waals surface area contributed by atoms with Crippen LogP contribution in [0.25, 0.3) is 11.6 Å². The molecule has 2 aromatic heterocycles. The second kappa shape index (κ2) is 7.06. The molecule has 144 valence electrons. The summed E-state index contributed by atoms with van der Waals surface area (Å²) in [4.78, 5) is 53.7. The number of nitro groups is 1. The standard InChI is InChI=1S/C18H16N4O6/c1-4-28-18(25)15-8(2)14(9(3)23)13(20-15)6-12-11-5-10(22(26)27)7-19-16(11)21-17(12)24/h5-7,20H,4H2,1-3H3,(H,19,21,24). The van der Waals surface area contributed by atoms with Gasteiger partial charge < -0.3 is 15.0 Å². The third kappa shape index (κ3) is 3.15. The third-order valence-corrected chi connectivity index (χ3v) is 4.25. The van der Waals surface area contributed by atoms with Crippen molar-refractivity contribution in [1.29, 1.82) is 0 Å².